The monoisotopic (exact) mass is 539 g/mol. The first-order chi connectivity index (χ1) is 16.6. The summed E-state index contributed by atoms with van der Waals surface area (Å²) in [6.07, 6.45) is -3.93. The number of ketones is 1. The summed E-state index contributed by atoms with van der Waals surface area (Å²) in [4.78, 5) is 26.4. The number of anilines is 2. The topological polar surface area (TPSA) is 61.4 Å². The van der Waals surface area contributed by atoms with E-state index in [0.29, 0.717) is 0 Å². The smallest absolute Gasteiger partial charge is 0.320 e. The maximum atomic E-state index is 13.5. The Morgan fingerprint density at radius 2 is 1.54 bits per heavy atom. The zero-order chi connectivity index (χ0) is 25.3. The number of rotatable bonds is 5. The lowest BCUT2D eigenvalue weighted by Crippen LogP contribution is -2.45. The van der Waals surface area contributed by atoms with Crippen LogP contribution in [0.4, 0.5) is 24.5 Å². The van der Waals surface area contributed by atoms with Crippen LogP contribution in [-0.4, -0.2) is 23.9 Å². The first kappa shape index (κ1) is 25.1. The van der Waals surface area contributed by atoms with Crippen LogP contribution < -0.4 is 15.8 Å². The average Bonchev–Trinajstić information content (AvgIpc) is 3.26. The van der Waals surface area contributed by atoms with Crippen molar-refractivity contribution in [3.63, 3.8) is 0 Å². The van der Waals surface area contributed by atoms with Crippen molar-refractivity contribution in [1.82, 2.24) is 5.43 Å². The van der Waals surface area contributed by atoms with Crippen LogP contribution in [0.25, 0.3) is 0 Å². The molecule has 0 aliphatic carbocycles. The highest BCUT2D eigenvalue weighted by Crippen LogP contribution is 2.34. The van der Waals surface area contributed by atoms with Gasteiger partial charge in [0.05, 0.1) is 21.4 Å². The molecule has 0 aromatic heterocycles. The lowest BCUT2D eigenvalue weighted by atomic mass is 10.0. The molecule has 3 aromatic carbocycles. The largest absolute Gasteiger partial charge is 0.409 e. The van der Waals surface area contributed by atoms with Crippen LogP contribution in [0, 0.1) is 0 Å². The normalized spacial score (nSPS) is 15.7. The minimum Gasteiger partial charge on any atom is -0.320 e. The molecule has 0 bridgehead atoms. The molecule has 0 saturated carbocycles. The van der Waals surface area contributed by atoms with Crippen molar-refractivity contribution < 1.29 is 22.8 Å². The number of para-hydroxylation sites is 1. The number of nitrogens with one attached hydrogen (secondary N) is 2. The number of hydrazine groups is 1. The van der Waals surface area contributed by atoms with E-state index in [-0.39, 0.29) is 43.3 Å². The second-order valence-electron chi connectivity index (χ2n) is 7.44. The molecule has 11 heteroatoms. The van der Waals surface area contributed by atoms with E-state index in [2.05, 4.69) is 10.7 Å². The molecule has 1 aliphatic rings. The van der Waals surface area contributed by atoms with E-state index in [1.807, 2.05) is 0 Å². The van der Waals surface area contributed by atoms with Crippen LogP contribution in [0.15, 0.2) is 78.5 Å². The van der Waals surface area contributed by atoms with Gasteiger partial charge in [0, 0.05) is 16.1 Å². The predicted octanol–water partition coefficient (Wildman–Crippen LogP) is 6.66. The van der Waals surface area contributed by atoms with Crippen LogP contribution >= 0.6 is 34.8 Å². The van der Waals surface area contributed by atoms with Gasteiger partial charge in [-0.1, -0.05) is 59.1 Å². The van der Waals surface area contributed by atoms with Crippen LogP contribution in [0.5, 0.6) is 0 Å². The van der Waals surface area contributed by atoms with Crippen LogP contribution in [0.1, 0.15) is 15.9 Å². The van der Waals surface area contributed by atoms with Crippen molar-refractivity contribution in [2.24, 2.45) is 0 Å². The minimum absolute atomic E-state index is 0.0159. The van der Waals surface area contributed by atoms with Gasteiger partial charge in [-0.05, 0) is 48.5 Å². The van der Waals surface area contributed by atoms with E-state index < -0.39 is 23.9 Å². The lowest BCUT2D eigenvalue weighted by molar-refractivity contribution is -0.142. The van der Waals surface area contributed by atoms with Crippen molar-refractivity contribution in [1.29, 1.82) is 0 Å². The third-order valence-electron chi connectivity index (χ3n) is 5.11. The highest BCUT2D eigenvalue weighted by atomic mass is 35.5. The molecule has 2 N–H and O–H groups in total. The summed E-state index contributed by atoms with van der Waals surface area (Å²) in [5.74, 6) is -1.43. The second-order valence-corrected chi connectivity index (χ2v) is 8.69. The van der Waals surface area contributed by atoms with Crippen LogP contribution in [0.3, 0.4) is 0 Å². The molecule has 180 valence electrons. The van der Waals surface area contributed by atoms with Crippen molar-refractivity contribution in [3.05, 3.63) is 105 Å². The fourth-order valence-corrected chi connectivity index (χ4v) is 4.06. The standard InChI is InChI=1S/C24H15Cl3F3N3O2/c25-13-9-10-18(15(11-13)22(34)14-5-1-2-6-16(14)26)31-23(35)20-12-21(24(28,29)30)32-33(20)19-8-4-3-7-17(19)27/h1-12,21,32H,(H,31,35). The van der Waals surface area contributed by atoms with Crippen molar-refractivity contribution in [3.8, 4) is 0 Å². The zero-order valence-corrected chi connectivity index (χ0v) is 19.8. The average molecular weight is 541 g/mol. The first-order valence-corrected chi connectivity index (χ1v) is 11.2. The zero-order valence-electron chi connectivity index (χ0n) is 17.5. The van der Waals surface area contributed by atoms with E-state index in [4.69, 9.17) is 34.8 Å². The molecule has 0 radical (unpaired) electrons. The number of halogens is 6. The number of carbonyl (C=O) groups is 2. The van der Waals surface area contributed by atoms with Crippen molar-refractivity contribution in [2.45, 2.75) is 12.2 Å². The van der Waals surface area contributed by atoms with E-state index >= 15 is 0 Å². The van der Waals surface area contributed by atoms with Gasteiger partial charge in [0.1, 0.15) is 11.7 Å². The fraction of sp³-hybridized carbons (Fsp3) is 0.0833. The minimum atomic E-state index is -4.67. The van der Waals surface area contributed by atoms with Crippen molar-refractivity contribution >= 4 is 57.9 Å². The van der Waals surface area contributed by atoms with Gasteiger partial charge in [0.15, 0.2) is 5.78 Å². The lowest BCUT2D eigenvalue weighted by Gasteiger charge is -2.25. The molecule has 1 aliphatic heterocycles. The summed E-state index contributed by atoms with van der Waals surface area (Å²) in [6, 6.07) is 14.5. The fourth-order valence-electron chi connectivity index (χ4n) is 3.45. The van der Waals surface area contributed by atoms with Gasteiger partial charge >= 0.3 is 6.18 Å². The van der Waals surface area contributed by atoms with Crippen LogP contribution in [-0.2, 0) is 4.79 Å². The van der Waals surface area contributed by atoms with E-state index in [1.54, 1.807) is 24.3 Å². The number of hydrogen-bond acceptors (Lipinski definition) is 4. The summed E-state index contributed by atoms with van der Waals surface area (Å²) in [5, 5.41) is 4.01. The molecule has 5 nitrogen and oxygen atoms in total. The maximum Gasteiger partial charge on any atom is 0.409 e. The molecule has 1 heterocycles. The molecule has 35 heavy (non-hydrogen) atoms. The summed E-state index contributed by atoms with van der Waals surface area (Å²) in [5.41, 5.74) is 2.27. The molecule has 3 aromatic rings. The van der Waals surface area contributed by atoms with Gasteiger partial charge in [-0.15, -0.1) is 0 Å². The summed E-state index contributed by atoms with van der Waals surface area (Å²) in [6.45, 7) is 0. The van der Waals surface area contributed by atoms with Gasteiger partial charge in [-0.2, -0.15) is 13.2 Å². The Morgan fingerprint density at radius 1 is 0.886 bits per heavy atom. The Hall–Kier alpha value is -3.04. The van der Waals surface area contributed by atoms with Gasteiger partial charge in [-0.25, -0.2) is 5.43 Å². The number of amides is 1. The van der Waals surface area contributed by atoms with Crippen molar-refractivity contribution in [2.75, 3.05) is 10.3 Å². The number of hydrogen-bond donors (Lipinski definition) is 2. The molecule has 1 atom stereocenters. The van der Waals surface area contributed by atoms with Gasteiger partial charge < -0.3 is 5.32 Å². The quantitative estimate of drug-likeness (QED) is 0.356. The molecule has 4 rings (SSSR count). The second kappa shape index (κ2) is 9.91. The molecule has 1 unspecified atom stereocenters. The summed E-state index contributed by atoms with van der Waals surface area (Å²) >= 11 is 18.4. The predicted molar refractivity (Wildman–Crippen MR) is 130 cm³/mol. The Bertz CT molecular complexity index is 1340. The Kier molecular flexibility index (Phi) is 7.10. The number of alkyl halides is 3. The number of carbonyl (C=O) groups excluding carboxylic acids is 2. The van der Waals surface area contributed by atoms with E-state index in [0.717, 1.165) is 11.1 Å². The Labute approximate surface area is 213 Å². The Balaban J connectivity index is 1.71. The molecule has 0 saturated heterocycles. The van der Waals surface area contributed by atoms with Gasteiger partial charge in [0.2, 0.25) is 0 Å². The van der Waals surface area contributed by atoms with E-state index in [1.165, 1.54) is 42.5 Å². The third-order valence-corrected chi connectivity index (χ3v) is 5.99. The third kappa shape index (κ3) is 5.31. The van der Waals surface area contributed by atoms with E-state index in [9.17, 15) is 22.8 Å². The number of nitrogens with zero attached hydrogens (tertiary/aromatic N) is 1. The molecule has 0 spiro atoms. The highest BCUT2D eigenvalue weighted by molar-refractivity contribution is 6.36. The molecular formula is C24H15Cl3F3N3O2. The molecule has 0 fully saturated rings. The van der Waals surface area contributed by atoms with Crippen LogP contribution in [0.2, 0.25) is 15.1 Å². The molecule has 1 amide bonds. The Morgan fingerprint density at radius 3 is 2.20 bits per heavy atom. The highest BCUT2D eigenvalue weighted by Gasteiger charge is 2.45. The first-order valence-electron chi connectivity index (χ1n) is 10.1. The summed E-state index contributed by atoms with van der Waals surface area (Å²) in [7, 11) is 0. The molecular weight excluding hydrogens is 526 g/mol. The number of benzene rings is 3. The van der Waals surface area contributed by atoms with Gasteiger partial charge in [0.25, 0.3) is 5.91 Å². The maximum absolute atomic E-state index is 13.5. The van der Waals surface area contributed by atoms with Gasteiger partial charge in [-0.3, -0.25) is 14.6 Å². The summed E-state index contributed by atoms with van der Waals surface area (Å²) < 4.78 is 40.5. The SMILES string of the molecule is O=C(Nc1ccc(Cl)cc1C(=O)c1ccccc1Cl)C1=CC(C(F)(F)F)NN1c1ccccc1Cl.